The van der Waals surface area contributed by atoms with Crippen LogP contribution in [0.15, 0.2) is 30.5 Å². The summed E-state index contributed by atoms with van der Waals surface area (Å²) in [4.78, 5) is 17.4. The van der Waals surface area contributed by atoms with Crippen molar-refractivity contribution < 1.29 is 4.92 Å². The highest BCUT2D eigenvalue weighted by Crippen LogP contribution is 2.36. The lowest BCUT2D eigenvalue weighted by Gasteiger charge is -2.31. The van der Waals surface area contributed by atoms with Crippen molar-refractivity contribution in [3.8, 4) is 0 Å². The number of nitro groups is 1. The van der Waals surface area contributed by atoms with E-state index in [0.717, 1.165) is 25.9 Å². The highest BCUT2D eigenvalue weighted by molar-refractivity contribution is 5.94. The second-order valence-electron chi connectivity index (χ2n) is 5.08. The number of fused-ring (bicyclic) bond motifs is 1. The van der Waals surface area contributed by atoms with Crippen LogP contribution in [0.1, 0.15) is 12.8 Å². The Hall–Kier alpha value is -2.21. The number of aromatic nitrogens is 1. The number of hydrogen-bond donors (Lipinski definition) is 1. The fraction of sp³-hybridized carbons (Fsp3) is 0.357. The van der Waals surface area contributed by atoms with E-state index in [1.54, 1.807) is 24.4 Å². The summed E-state index contributed by atoms with van der Waals surface area (Å²) >= 11 is 0. The molecule has 2 aromatic rings. The number of hydrogen-bond acceptors (Lipinski definition) is 5. The van der Waals surface area contributed by atoms with Gasteiger partial charge in [0.25, 0.3) is 0 Å². The third-order valence-corrected chi connectivity index (χ3v) is 3.80. The van der Waals surface area contributed by atoms with Crippen LogP contribution in [-0.2, 0) is 0 Å². The number of anilines is 1. The van der Waals surface area contributed by atoms with Gasteiger partial charge in [-0.2, -0.15) is 0 Å². The zero-order valence-corrected chi connectivity index (χ0v) is 11.0. The van der Waals surface area contributed by atoms with E-state index in [2.05, 4.69) is 4.98 Å². The third kappa shape index (κ3) is 2.18. The van der Waals surface area contributed by atoms with Gasteiger partial charge in [-0.15, -0.1) is 0 Å². The van der Waals surface area contributed by atoms with Crippen LogP contribution in [0.5, 0.6) is 0 Å². The van der Waals surface area contributed by atoms with Crippen molar-refractivity contribution in [3.05, 3.63) is 40.6 Å². The first-order chi connectivity index (χ1) is 9.66. The second-order valence-corrected chi connectivity index (χ2v) is 5.08. The van der Waals surface area contributed by atoms with Crippen LogP contribution < -0.4 is 10.6 Å². The van der Waals surface area contributed by atoms with Crippen molar-refractivity contribution in [1.29, 1.82) is 0 Å². The van der Waals surface area contributed by atoms with E-state index in [1.165, 1.54) is 0 Å². The molecule has 2 N–H and O–H groups in total. The molecule has 20 heavy (non-hydrogen) atoms. The number of rotatable bonds is 2. The summed E-state index contributed by atoms with van der Waals surface area (Å²) in [6, 6.07) is 7.31. The summed E-state index contributed by atoms with van der Waals surface area (Å²) in [6.07, 6.45) is 3.37. The molecule has 0 aliphatic carbocycles. The Labute approximate surface area is 116 Å². The predicted octanol–water partition coefficient (Wildman–Crippen LogP) is 2.07. The Bertz CT molecular complexity index is 651. The molecule has 1 aliphatic rings. The Kier molecular flexibility index (Phi) is 3.23. The van der Waals surface area contributed by atoms with Crippen molar-refractivity contribution >= 4 is 22.3 Å². The van der Waals surface area contributed by atoms with Crippen molar-refractivity contribution in [2.75, 3.05) is 18.0 Å². The molecule has 0 saturated carbocycles. The number of piperidine rings is 1. The minimum Gasteiger partial charge on any atom is -0.366 e. The molecule has 6 nitrogen and oxygen atoms in total. The van der Waals surface area contributed by atoms with Crippen LogP contribution in [0.3, 0.4) is 0 Å². The fourth-order valence-corrected chi connectivity index (χ4v) is 2.71. The Morgan fingerprint density at radius 2 is 2.05 bits per heavy atom. The van der Waals surface area contributed by atoms with Gasteiger partial charge in [-0.25, -0.2) is 0 Å². The molecule has 2 heterocycles. The Balaban J connectivity index is 2.10. The van der Waals surface area contributed by atoms with Crippen molar-refractivity contribution in [2.45, 2.75) is 18.9 Å². The van der Waals surface area contributed by atoms with Gasteiger partial charge in [-0.1, -0.05) is 0 Å². The van der Waals surface area contributed by atoms with Gasteiger partial charge < -0.3 is 10.6 Å². The summed E-state index contributed by atoms with van der Waals surface area (Å²) in [5.74, 6) is 0. The Morgan fingerprint density at radius 3 is 2.75 bits per heavy atom. The number of nitro benzene ring substituents is 1. The molecular weight excluding hydrogens is 256 g/mol. The SMILES string of the molecule is NC1CCN(c2ccc3ncccc3c2[N+](=O)[O-])CC1. The standard InChI is InChI=1S/C14H16N4O2/c15-10-5-8-17(9-6-10)13-4-3-12-11(2-1-7-16-12)14(13)18(19)20/h1-4,7,10H,5-6,8-9,15H2. The fourth-order valence-electron chi connectivity index (χ4n) is 2.71. The number of benzene rings is 1. The average molecular weight is 272 g/mol. The van der Waals surface area contributed by atoms with Gasteiger partial charge in [0, 0.05) is 25.3 Å². The smallest absolute Gasteiger partial charge is 0.301 e. The third-order valence-electron chi connectivity index (χ3n) is 3.80. The molecule has 0 radical (unpaired) electrons. The van der Waals surface area contributed by atoms with Crippen LogP contribution in [0.2, 0.25) is 0 Å². The molecule has 1 aromatic heterocycles. The largest absolute Gasteiger partial charge is 0.366 e. The van der Waals surface area contributed by atoms with Gasteiger partial charge in [0.15, 0.2) is 0 Å². The van der Waals surface area contributed by atoms with Gasteiger partial charge in [-0.05, 0) is 37.1 Å². The lowest BCUT2D eigenvalue weighted by molar-refractivity contribution is -0.382. The highest BCUT2D eigenvalue weighted by Gasteiger charge is 2.25. The molecule has 3 rings (SSSR count). The molecule has 6 heteroatoms. The lowest BCUT2D eigenvalue weighted by atomic mass is 10.0. The first kappa shape index (κ1) is 12.8. The second kappa shape index (κ2) is 5.05. The first-order valence-electron chi connectivity index (χ1n) is 6.69. The topological polar surface area (TPSA) is 85.3 Å². The van der Waals surface area contributed by atoms with Gasteiger partial charge >= 0.3 is 5.69 Å². The highest BCUT2D eigenvalue weighted by atomic mass is 16.6. The monoisotopic (exact) mass is 272 g/mol. The summed E-state index contributed by atoms with van der Waals surface area (Å²) in [5.41, 5.74) is 7.36. The van der Waals surface area contributed by atoms with Crippen LogP contribution >= 0.6 is 0 Å². The molecule has 1 fully saturated rings. The summed E-state index contributed by atoms with van der Waals surface area (Å²) < 4.78 is 0. The summed E-state index contributed by atoms with van der Waals surface area (Å²) in [6.45, 7) is 1.52. The maximum Gasteiger partial charge on any atom is 0.301 e. The van der Waals surface area contributed by atoms with E-state index in [1.807, 2.05) is 11.0 Å². The van der Waals surface area contributed by atoms with E-state index in [0.29, 0.717) is 16.6 Å². The predicted molar refractivity (Wildman–Crippen MR) is 77.8 cm³/mol. The van der Waals surface area contributed by atoms with E-state index < -0.39 is 0 Å². The van der Waals surface area contributed by atoms with Crippen LogP contribution in [0, 0.1) is 10.1 Å². The molecule has 0 bridgehead atoms. The Morgan fingerprint density at radius 1 is 1.30 bits per heavy atom. The van der Waals surface area contributed by atoms with Crippen LogP contribution in [0.25, 0.3) is 10.9 Å². The molecule has 1 aromatic carbocycles. The molecule has 0 amide bonds. The molecule has 0 spiro atoms. The van der Waals surface area contributed by atoms with Crippen LogP contribution in [0.4, 0.5) is 11.4 Å². The zero-order valence-electron chi connectivity index (χ0n) is 11.0. The van der Waals surface area contributed by atoms with Gasteiger partial charge in [0.05, 0.1) is 15.8 Å². The van der Waals surface area contributed by atoms with E-state index in [-0.39, 0.29) is 16.7 Å². The van der Waals surface area contributed by atoms with E-state index in [9.17, 15) is 10.1 Å². The van der Waals surface area contributed by atoms with Gasteiger partial charge in [0.2, 0.25) is 0 Å². The summed E-state index contributed by atoms with van der Waals surface area (Å²) in [5, 5.41) is 12.1. The maximum atomic E-state index is 11.5. The first-order valence-corrected chi connectivity index (χ1v) is 6.69. The number of pyridine rings is 1. The molecule has 1 aliphatic heterocycles. The molecule has 104 valence electrons. The maximum absolute atomic E-state index is 11.5. The quantitative estimate of drug-likeness (QED) is 0.668. The number of nitrogens with two attached hydrogens (primary N) is 1. The lowest BCUT2D eigenvalue weighted by Crippen LogP contribution is -2.39. The molecular formula is C14H16N4O2. The van der Waals surface area contributed by atoms with Crippen molar-refractivity contribution in [1.82, 2.24) is 4.98 Å². The van der Waals surface area contributed by atoms with Gasteiger partial charge in [-0.3, -0.25) is 15.1 Å². The van der Waals surface area contributed by atoms with E-state index >= 15 is 0 Å². The molecule has 0 unspecified atom stereocenters. The van der Waals surface area contributed by atoms with Crippen LogP contribution in [-0.4, -0.2) is 29.0 Å². The van der Waals surface area contributed by atoms with Crippen molar-refractivity contribution in [2.24, 2.45) is 5.73 Å². The zero-order chi connectivity index (χ0) is 14.1. The summed E-state index contributed by atoms with van der Waals surface area (Å²) in [7, 11) is 0. The average Bonchev–Trinajstić information content (AvgIpc) is 2.46. The van der Waals surface area contributed by atoms with Crippen molar-refractivity contribution in [3.63, 3.8) is 0 Å². The minimum absolute atomic E-state index is 0.145. The van der Waals surface area contributed by atoms with Gasteiger partial charge in [0.1, 0.15) is 5.69 Å². The molecule has 1 saturated heterocycles. The normalized spacial score (nSPS) is 16.6. The number of nitrogens with zero attached hydrogens (tertiary/aromatic N) is 3. The molecule has 0 atom stereocenters. The minimum atomic E-state index is -0.312. The van der Waals surface area contributed by atoms with E-state index in [4.69, 9.17) is 5.73 Å².